The summed E-state index contributed by atoms with van der Waals surface area (Å²) in [7, 11) is 0. The lowest BCUT2D eigenvalue weighted by Crippen LogP contribution is -2.50. The summed E-state index contributed by atoms with van der Waals surface area (Å²) in [6, 6.07) is 14.8. The number of rotatable bonds is 8. The molecule has 0 radical (unpaired) electrons. The molecule has 1 aliphatic heterocycles. The van der Waals surface area contributed by atoms with Crippen LogP contribution in [0.2, 0.25) is 5.02 Å². The van der Waals surface area contributed by atoms with E-state index in [0.717, 1.165) is 31.5 Å². The van der Waals surface area contributed by atoms with Crippen molar-refractivity contribution in [2.45, 2.75) is 39.2 Å². The van der Waals surface area contributed by atoms with Gasteiger partial charge >= 0.3 is 5.97 Å². The van der Waals surface area contributed by atoms with E-state index >= 15 is 0 Å². The minimum Gasteiger partial charge on any atom is -0.481 e. The Balaban J connectivity index is 2.02. The number of carboxylic acid groups (broad SMARTS) is 1. The van der Waals surface area contributed by atoms with Gasteiger partial charge in [0, 0.05) is 16.1 Å². The Kier molecular flexibility index (Phi) is 7.69. The molecule has 2 aromatic rings. The molecule has 3 rings (SSSR count). The van der Waals surface area contributed by atoms with Gasteiger partial charge in [-0.25, -0.2) is 0 Å². The van der Waals surface area contributed by atoms with Crippen molar-refractivity contribution in [1.29, 1.82) is 0 Å². The largest absolute Gasteiger partial charge is 0.481 e. The van der Waals surface area contributed by atoms with Crippen LogP contribution in [-0.4, -0.2) is 52.8 Å². The maximum Gasteiger partial charge on any atom is 0.308 e. The zero-order valence-corrected chi connectivity index (χ0v) is 19.5. The number of likely N-dealkylation sites (N-methyl/N-ethyl adjacent to an activating group) is 1. The number of carbonyl (C=O) groups excluding carboxylic acids is 1. The number of aliphatic carboxylic acids is 1. The van der Waals surface area contributed by atoms with E-state index < -0.39 is 17.4 Å². The molecule has 7 heteroatoms. The summed E-state index contributed by atoms with van der Waals surface area (Å²) < 4.78 is 0. The molecular formula is C25H30ClN3O3. The quantitative estimate of drug-likeness (QED) is 0.564. The van der Waals surface area contributed by atoms with Crippen LogP contribution in [-0.2, 0) is 9.59 Å². The van der Waals surface area contributed by atoms with Crippen molar-refractivity contribution in [3.05, 3.63) is 64.7 Å². The smallest absolute Gasteiger partial charge is 0.308 e. The highest BCUT2D eigenvalue weighted by Crippen LogP contribution is 2.31. The van der Waals surface area contributed by atoms with Crippen molar-refractivity contribution >= 4 is 34.9 Å². The van der Waals surface area contributed by atoms with E-state index in [1.165, 1.54) is 0 Å². The molecule has 170 valence electrons. The Morgan fingerprint density at radius 1 is 1.25 bits per heavy atom. The van der Waals surface area contributed by atoms with Crippen LogP contribution in [0.15, 0.2) is 53.5 Å². The normalized spacial score (nSPS) is 20.2. The first kappa shape index (κ1) is 24.0. The van der Waals surface area contributed by atoms with Crippen molar-refractivity contribution in [3.8, 4) is 0 Å². The van der Waals surface area contributed by atoms with Gasteiger partial charge in [-0.3, -0.25) is 19.5 Å². The summed E-state index contributed by atoms with van der Waals surface area (Å²) in [5.74, 6) is -1.61. The average molecular weight is 456 g/mol. The summed E-state index contributed by atoms with van der Waals surface area (Å²) in [4.78, 5) is 31.5. The molecule has 2 aromatic carbocycles. The van der Waals surface area contributed by atoms with Crippen molar-refractivity contribution in [2.75, 3.05) is 25.0 Å². The van der Waals surface area contributed by atoms with Crippen LogP contribution in [0.25, 0.3) is 0 Å². The molecule has 0 spiro atoms. The third-order valence-corrected chi connectivity index (χ3v) is 6.37. The number of hydrogen-bond acceptors (Lipinski definition) is 4. The molecule has 1 saturated heterocycles. The lowest BCUT2D eigenvalue weighted by molar-refractivity contribution is -0.140. The minimum atomic E-state index is -0.908. The minimum absolute atomic E-state index is 0.0632. The monoisotopic (exact) mass is 455 g/mol. The Hall–Kier alpha value is -2.70. The van der Waals surface area contributed by atoms with Gasteiger partial charge in [0.2, 0.25) is 5.91 Å². The van der Waals surface area contributed by atoms with Crippen LogP contribution in [0.1, 0.15) is 44.7 Å². The van der Waals surface area contributed by atoms with Crippen LogP contribution >= 0.6 is 11.6 Å². The van der Waals surface area contributed by atoms with E-state index in [4.69, 9.17) is 11.6 Å². The fraction of sp³-hybridized carbons (Fsp3) is 0.400. The summed E-state index contributed by atoms with van der Waals surface area (Å²) in [5.41, 5.74) is 2.12. The van der Waals surface area contributed by atoms with Gasteiger partial charge < -0.3 is 10.4 Å². The number of halogens is 1. The third-order valence-electron chi connectivity index (χ3n) is 6.14. The number of anilines is 1. The number of aliphatic imine (C=N–C) groups is 1. The number of nitrogens with one attached hydrogen (secondary N) is 1. The highest BCUT2D eigenvalue weighted by atomic mass is 35.5. The Morgan fingerprint density at radius 2 is 1.97 bits per heavy atom. The van der Waals surface area contributed by atoms with Crippen molar-refractivity contribution in [3.63, 3.8) is 0 Å². The number of amides is 1. The fourth-order valence-corrected chi connectivity index (χ4v) is 4.27. The molecule has 0 aliphatic carbocycles. The van der Waals surface area contributed by atoms with Crippen molar-refractivity contribution < 1.29 is 14.7 Å². The zero-order chi connectivity index (χ0) is 23.3. The number of nitrogens with zero attached hydrogens (tertiary/aromatic N) is 2. The fourth-order valence-electron chi connectivity index (χ4n) is 4.10. The first-order valence-electron chi connectivity index (χ1n) is 11.0. The van der Waals surface area contributed by atoms with Crippen LogP contribution in [0, 0.1) is 5.92 Å². The molecule has 0 bridgehead atoms. The number of likely N-dealkylation sites (tertiary alicyclic amines) is 1. The molecular weight excluding hydrogens is 426 g/mol. The summed E-state index contributed by atoms with van der Waals surface area (Å²) in [5, 5.41) is 12.9. The molecule has 2 atom stereocenters. The maximum atomic E-state index is 13.4. The van der Waals surface area contributed by atoms with Gasteiger partial charge in [0.15, 0.2) is 0 Å². The second-order valence-corrected chi connectivity index (χ2v) is 8.83. The molecule has 6 nitrogen and oxygen atoms in total. The second kappa shape index (κ2) is 10.3. The molecule has 0 aromatic heterocycles. The lowest BCUT2D eigenvalue weighted by Gasteiger charge is -2.33. The number of hydrogen-bond donors (Lipinski definition) is 2. The van der Waals surface area contributed by atoms with E-state index in [0.29, 0.717) is 22.0 Å². The zero-order valence-electron chi connectivity index (χ0n) is 18.8. The van der Waals surface area contributed by atoms with Gasteiger partial charge in [0.1, 0.15) is 0 Å². The molecule has 2 N–H and O–H groups in total. The van der Waals surface area contributed by atoms with Crippen molar-refractivity contribution in [2.24, 2.45) is 10.9 Å². The van der Waals surface area contributed by atoms with E-state index in [1.54, 1.807) is 25.1 Å². The molecule has 1 amide bonds. The first-order chi connectivity index (χ1) is 15.3. The van der Waals surface area contributed by atoms with Gasteiger partial charge in [-0.05, 0) is 51.1 Å². The van der Waals surface area contributed by atoms with Crippen LogP contribution in [0.4, 0.5) is 5.69 Å². The third kappa shape index (κ3) is 5.19. The summed E-state index contributed by atoms with van der Waals surface area (Å²) >= 11 is 6.33. The van der Waals surface area contributed by atoms with Crippen LogP contribution in [0.5, 0.6) is 0 Å². The Morgan fingerprint density at radius 3 is 2.62 bits per heavy atom. The summed E-state index contributed by atoms with van der Waals surface area (Å²) in [6.45, 7) is 7.48. The van der Waals surface area contributed by atoms with Gasteiger partial charge in [-0.1, -0.05) is 55.8 Å². The van der Waals surface area contributed by atoms with Gasteiger partial charge in [-0.15, -0.1) is 0 Å². The standard InChI is InChI=1S/C25H30ClN3O3/c1-4-29-14-8-13-25(29,3)24(32)28-21-12-11-19(26)15-20(21)22(18-9-6-5-7-10-18)27-16-17(2)23(30)31/h5-7,9-12,15,17H,4,8,13-14,16H2,1-3H3,(H,28,32)(H,30,31)/t17-,25+/m0/s1. The SMILES string of the molecule is CCN1CCC[C@]1(C)C(=O)Nc1ccc(Cl)cc1C(=NC[C@H](C)C(=O)O)c1ccccc1. The van der Waals surface area contributed by atoms with E-state index in [9.17, 15) is 14.7 Å². The van der Waals surface area contributed by atoms with Gasteiger partial charge in [0.05, 0.1) is 29.4 Å². The van der Waals surface area contributed by atoms with E-state index in [2.05, 4.69) is 22.1 Å². The lowest BCUT2D eigenvalue weighted by atomic mass is 9.96. The number of carbonyl (C=O) groups is 2. The molecule has 1 fully saturated rings. The van der Waals surface area contributed by atoms with Crippen LogP contribution in [0.3, 0.4) is 0 Å². The van der Waals surface area contributed by atoms with Gasteiger partial charge in [-0.2, -0.15) is 0 Å². The van der Waals surface area contributed by atoms with E-state index in [1.807, 2.05) is 37.3 Å². The first-order valence-corrected chi connectivity index (χ1v) is 11.3. The topological polar surface area (TPSA) is 82.0 Å². The predicted molar refractivity (Wildman–Crippen MR) is 129 cm³/mol. The molecule has 1 aliphatic rings. The molecule has 0 unspecified atom stereocenters. The number of benzene rings is 2. The highest BCUT2D eigenvalue weighted by Gasteiger charge is 2.42. The Bertz CT molecular complexity index is 1010. The maximum absolute atomic E-state index is 13.4. The molecule has 32 heavy (non-hydrogen) atoms. The van der Waals surface area contributed by atoms with Gasteiger partial charge in [0.25, 0.3) is 0 Å². The Labute approximate surface area is 194 Å². The second-order valence-electron chi connectivity index (χ2n) is 8.40. The highest BCUT2D eigenvalue weighted by molar-refractivity contribution is 6.31. The predicted octanol–water partition coefficient (Wildman–Crippen LogP) is 4.71. The van der Waals surface area contributed by atoms with E-state index in [-0.39, 0.29) is 12.5 Å². The average Bonchev–Trinajstić information content (AvgIpc) is 3.18. The molecule has 1 heterocycles. The molecule has 0 saturated carbocycles. The number of carboxylic acids is 1. The van der Waals surface area contributed by atoms with Crippen molar-refractivity contribution in [1.82, 2.24) is 4.90 Å². The summed E-state index contributed by atoms with van der Waals surface area (Å²) in [6.07, 6.45) is 1.78. The van der Waals surface area contributed by atoms with Crippen LogP contribution < -0.4 is 5.32 Å².